The van der Waals surface area contributed by atoms with Gasteiger partial charge in [0.15, 0.2) is 5.75 Å². The van der Waals surface area contributed by atoms with Crippen LogP contribution < -0.4 is 25.0 Å². The van der Waals surface area contributed by atoms with Gasteiger partial charge in [-0.05, 0) is 56.7 Å². The molecule has 0 unspecified atom stereocenters. The zero-order chi connectivity index (χ0) is 31.2. The topological polar surface area (TPSA) is 101 Å². The molecule has 0 amide bonds. The van der Waals surface area contributed by atoms with E-state index in [-0.39, 0.29) is 11.4 Å². The van der Waals surface area contributed by atoms with Gasteiger partial charge < -0.3 is 25.0 Å². The number of nitrogens with zero attached hydrogens (tertiary/aromatic N) is 5. The van der Waals surface area contributed by atoms with Crippen molar-refractivity contribution in [2.24, 2.45) is 0 Å². The minimum Gasteiger partial charge on any atom is -0.495 e. The average molecular weight is 617 g/mol. The molecule has 2 atom stereocenters. The van der Waals surface area contributed by atoms with E-state index in [1.807, 2.05) is 18.2 Å². The van der Waals surface area contributed by atoms with Gasteiger partial charge in [0, 0.05) is 94.0 Å². The summed E-state index contributed by atoms with van der Waals surface area (Å²) in [7, 11) is 3.08. The van der Waals surface area contributed by atoms with Crippen LogP contribution in [0.25, 0.3) is 0 Å². The van der Waals surface area contributed by atoms with Crippen molar-refractivity contribution in [1.82, 2.24) is 9.80 Å². The highest BCUT2D eigenvalue weighted by atomic mass is 19.1. The van der Waals surface area contributed by atoms with Crippen LogP contribution in [0.4, 0.5) is 31.5 Å². The van der Waals surface area contributed by atoms with Crippen molar-refractivity contribution in [2.45, 2.75) is 63.0 Å². The first-order valence-electron chi connectivity index (χ1n) is 15.8. The Labute approximate surface area is 258 Å². The number of benzene rings is 2. The van der Waals surface area contributed by atoms with Crippen LogP contribution in [0.5, 0.6) is 11.5 Å². The Kier molecular flexibility index (Phi) is 10.6. The first-order valence-corrected chi connectivity index (χ1v) is 15.8. The van der Waals surface area contributed by atoms with Crippen LogP contribution in [0.2, 0.25) is 0 Å². The zero-order valence-electron chi connectivity index (χ0n) is 25.9. The maximum Gasteiger partial charge on any atom is 0.311 e. The van der Waals surface area contributed by atoms with Crippen molar-refractivity contribution >= 4 is 22.7 Å². The SMILES string of the molecule is COc1cc(N2CCC(N3CC[C@H](F)C3)CC2)ccc1N.COc1cc(N2CCC(N3CC[C@H](F)C3)CC2)ccc1[N+](=O)[O-]. The predicted octanol–water partition coefficient (Wildman–Crippen LogP) is 4.91. The van der Waals surface area contributed by atoms with E-state index in [4.69, 9.17) is 15.2 Å². The first kappa shape index (κ1) is 32.0. The van der Waals surface area contributed by atoms with Gasteiger partial charge >= 0.3 is 5.69 Å². The highest BCUT2D eigenvalue weighted by molar-refractivity contribution is 5.62. The molecule has 2 N–H and O–H groups in total. The van der Waals surface area contributed by atoms with Crippen LogP contribution in [0.15, 0.2) is 36.4 Å². The average Bonchev–Trinajstić information content (AvgIpc) is 3.69. The Morgan fingerprint density at radius 1 is 0.727 bits per heavy atom. The fourth-order valence-corrected chi connectivity index (χ4v) is 7.04. The lowest BCUT2D eigenvalue weighted by Gasteiger charge is -2.37. The molecule has 6 rings (SSSR count). The van der Waals surface area contributed by atoms with Gasteiger partial charge in [0.1, 0.15) is 18.1 Å². The summed E-state index contributed by atoms with van der Waals surface area (Å²) >= 11 is 0. The van der Waals surface area contributed by atoms with E-state index >= 15 is 0 Å². The smallest absolute Gasteiger partial charge is 0.311 e. The summed E-state index contributed by atoms with van der Waals surface area (Å²) in [5.74, 6) is 1.02. The number of methoxy groups -OCH3 is 2. The molecule has 0 saturated carbocycles. The van der Waals surface area contributed by atoms with Crippen LogP contribution >= 0.6 is 0 Å². The number of nitro benzene ring substituents is 1. The third kappa shape index (κ3) is 7.63. The molecular weight excluding hydrogens is 570 g/mol. The lowest BCUT2D eigenvalue weighted by Crippen LogP contribution is -2.44. The van der Waals surface area contributed by atoms with Crippen molar-refractivity contribution in [1.29, 1.82) is 0 Å². The van der Waals surface area contributed by atoms with E-state index < -0.39 is 17.3 Å². The summed E-state index contributed by atoms with van der Waals surface area (Å²) < 4.78 is 37.1. The van der Waals surface area contributed by atoms with Gasteiger partial charge in [0.2, 0.25) is 0 Å². The third-order valence-corrected chi connectivity index (χ3v) is 9.59. The summed E-state index contributed by atoms with van der Waals surface area (Å²) in [6.07, 6.45) is 4.24. The standard InChI is InChI=1S/C16H22FN3O3.C16H24FN3O/c1-23-16-10-14(2-3-15(16)20(21)22)18-8-5-13(6-9-18)19-7-4-12(17)11-19;1-21-16-10-14(2-3-15(16)18)19-8-5-13(6-9-19)20-7-4-12(17)11-20/h2-3,10,12-13H,4-9,11H2,1H3;2-3,10,12-13H,4-9,11,18H2,1H3/t2*12-/m00/s1. The van der Waals surface area contributed by atoms with Crippen molar-refractivity contribution in [3.8, 4) is 11.5 Å². The monoisotopic (exact) mass is 616 g/mol. The number of nitrogens with two attached hydrogens (primary N) is 1. The van der Waals surface area contributed by atoms with Crippen LogP contribution in [0.1, 0.15) is 38.5 Å². The van der Waals surface area contributed by atoms with E-state index in [1.54, 1.807) is 19.2 Å². The summed E-state index contributed by atoms with van der Waals surface area (Å²) in [5.41, 5.74) is 8.61. The van der Waals surface area contributed by atoms with E-state index in [2.05, 4.69) is 19.6 Å². The van der Waals surface area contributed by atoms with E-state index in [1.165, 1.54) is 13.2 Å². The molecule has 4 aliphatic rings. The molecule has 2 aromatic rings. The van der Waals surface area contributed by atoms with Gasteiger partial charge in [-0.1, -0.05) is 0 Å². The van der Waals surface area contributed by atoms with Gasteiger partial charge in [-0.15, -0.1) is 0 Å². The second-order valence-corrected chi connectivity index (χ2v) is 12.2. The van der Waals surface area contributed by atoms with Crippen molar-refractivity contribution < 1.29 is 23.2 Å². The van der Waals surface area contributed by atoms with E-state index in [9.17, 15) is 18.9 Å². The number of ether oxygens (including phenoxy) is 2. The minimum atomic E-state index is -0.674. The highest BCUT2D eigenvalue weighted by Gasteiger charge is 2.32. The van der Waals surface area contributed by atoms with Gasteiger partial charge in [0.05, 0.1) is 24.8 Å². The number of rotatable bonds is 7. The van der Waals surface area contributed by atoms with Crippen LogP contribution in [0, 0.1) is 10.1 Å². The molecule has 0 bridgehead atoms. The van der Waals surface area contributed by atoms with Crippen molar-refractivity contribution in [3.05, 3.63) is 46.5 Å². The van der Waals surface area contributed by atoms with Crippen LogP contribution in [0.3, 0.4) is 0 Å². The molecule has 10 nitrogen and oxygen atoms in total. The summed E-state index contributed by atoms with van der Waals surface area (Å²) in [5, 5.41) is 11.0. The Morgan fingerprint density at radius 3 is 1.59 bits per heavy atom. The molecular formula is C32H46F2N6O4. The van der Waals surface area contributed by atoms with Crippen molar-refractivity contribution in [3.63, 3.8) is 0 Å². The summed E-state index contributed by atoms with van der Waals surface area (Å²) in [6.45, 7) is 6.73. The lowest BCUT2D eigenvalue weighted by molar-refractivity contribution is -0.385. The van der Waals surface area contributed by atoms with E-state index in [0.717, 1.165) is 82.1 Å². The number of anilines is 3. The molecule has 4 saturated heterocycles. The number of hydrogen-bond donors (Lipinski definition) is 1. The number of likely N-dealkylation sites (tertiary alicyclic amines) is 2. The third-order valence-electron chi connectivity index (χ3n) is 9.59. The fraction of sp³-hybridized carbons (Fsp3) is 0.625. The molecule has 0 aromatic heterocycles. The maximum atomic E-state index is 13.3. The Hall–Kier alpha value is -3.38. The fourth-order valence-electron chi connectivity index (χ4n) is 7.04. The molecule has 0 radical (unpaired) electrons. The normalized spacial score (nSPS) is 23.8. The number of nitro groups is 1. The molecule has 0 aliphatic carbocycles. The second kappa shape index (κ2) is 14.6. The zero-order valence-corrected chi connectivity index (χ0v) is 25.9. The molecule has 12 heteroatoms. The predicted molar refractivity (Wildman–Crippen MR) is 170 cm³/mol. The number of nitrogen functional groups attached to an aromatic ring is 1. The molecule has 0 spiro atoms. The number of halogens is 2. The molecule has 4 heterocycles. The number of alkyl halides is 2. The molecule has 4 fully saturated rings. The lowest BCUT2D eigenvalue weighted by atomic mass is 10.0. The molecule has 44 heavy (non-hydrogen) atoms. The van der Waals surface area contributed by atoms with Crippen LogP contribution in [-0.4, -0.2) is 106 Å². The van der Waals surface area contributed by atoms with Gasteiger partial charge in [0.25, 0.3) is 0 Å². The van der Waals surface area contributed by atoms with E-state index in [0.29, 0.717) is 43.7 Å². The van der Waals surface area contributed by atoms with Gasteiger partial charge in [-0.3, -0.25) is 19.9 Å². The highest BCUT2D eigenvalue weighted by Crippen LogP contribution is 2.34. The van der Waals surface area contributed by atoms with Gasteiger partial charge in [-0.2, -0.15) is 0 Å². The Bertz CT molecular complexity index is 1260. The van der Waals surface area contributed by atoms with Crippen molar-refractivity contribution in [2.75, 3.05) is 82.1 Å². The molecule has 4 aliphatic heterocycles. The first-order chi connectivity index (χ1) is 21.2. The quantitative estimate of drug-likeness (QED) is 0.264. The number of hydrogen-bond acceptors (Lipinski definition) is 9. The minimum absolute atomic E-state index is 0.0165. The van der Waals surface area contributed by atoms with Crippen LogP contribution in [-0.2, 0) is 0 Å². The summed E-state index contributed by atoms with van der Waals surface area (Å²) in [6, 6.07) is 11.9. The molecule has 242 valence electrons. The second-order valence-electron chi connectivity index (χ2n) is 12.2. The number of piperidine rings is 2. The Morgan fingerprint density at radius 2 is 1.18 bits per heavy atom. The molecule has 2 aromatic carbocycles. The largest absolute Gasteiger partial charge is 0.495 e. The Balaban J connectivity index is 0.000000175. The van der Waals surface area contributed by atoms with Gasteiger partial charge in [-0.25, -0.2) is 8.78 Å². The summed E-state index contributed by atoms with van der Waals surface area (Å²) in [4.78, 5) is 19.7. The maximum absolute atomic E-state index is 13.3.